The molecule has 146 valence electrons. The second kappa shape index (κ2) is 7.77. The maximum absolute atomic E-state index is 14.2. The van der Waals surface area contributed by atoms with E-state index in [0.717, 1.165) is 25.2 Å². The van der Waals surface area contributed by atoms with Gasteiger partial charge in [0.05, 0.1) is 24.0 Å². The lowest BCUT2D eigenvalue weighted by Gasteiger charge is -2.30. The molecule has 0 aliphatic carbocycles. The number of halogens is 4. The van der Waals surface area contributed by atoms with Crippen molar-refractivity contribution in [1.29, 1.82) is 0 Å². The molecule has 27 heavy (non-hydrogen) atoms. The SMILES string of the molecule is Cc1nc(NCC2CN(C)CCO2)ncc1-c1ccc(C(F)(F)F)cc1F. The van der Waals surface area contributed by atoms with Crippen molar-refractivity contribution >= 4 is 5.95 Å². The van der Waals surface area contributed by atoms with Gasteiger partial charge in [-0.05, 0) is 26.1 Å². The Morgan fingerprint density at radius 2 is 2.07 bits per heavy atom. The Kier molecular flexibility index (Phi) is 5.61. The quantitative estimate of drug-likeness (QED) is 0.820. The van der Waals surface area contributed by atoms with Gasteiger partial charge >= 0.3 is 6.18 Å². The van der Waals surface area contributed by atoms with Crippen molar-refractivity contribution in [1.82, 2.24) is 14.9 Å². The van der Waals surface area contributed by atoms with E-state index < -0.39 is 17.6 Å². The van der Waals surface area contributed by atoms with Gasteiger partial charge in [-0.2, -0.15) is 13.2 Å². The zero-order valence-corrected chi connectivity index (χ0v) is 15.0. The van der Waals surface area contributed by atoms with E-state index in [2.05, 4.69) is 20.2 Å². The molecule has 0 saturated carbocycles. The molecule has 9 heteroatoms. The van der Waals surface area contributed by atoms with E-state index in [9.17, 15) is 17.6 Å². The van der Waals surface area contributed by atoms with Crippen molar-refractivity contribution < 1.29 is 22.3 Å². The molecule has 1 N–H and O–H groups in total. The van der Waals surface area contributed by atoms with Crippen LogP contribution in [0.25, 0.3) is 11.1 Å². The minimum absolute atomic E-state index is 0.0136. The number of benzene rings is 1. The fourth-order valence-electron chi connectivity index (χ4n) is 2.92. The topological polar surface area (TPSA) is 50.3 Å². The minimum atomic E-state index is -4.59. The highest BCUT2D eigenvalue weighted by Crippen LogP contribution is 2.33. The second-order valence-corrected chi connectivity index (χ2v) is 6.52. The van der Waals surface area contributed by atoms with Crippen LogP contribution in [0.4, 0.5) is 23.5 Å². The van der Waals surface area contributed by atoms with Crippen LogP contribution in [0.2, 0.25) is 0 Å². The molecule has 1 aliphatic heterocycles. The van der Waals surface area contributed by atoms with E-state index in [4.69, 9.17) is 4.74 Å². The molecular weight excluding hydrogens is 364 g/mol. The predicted molar refractivity (Wildman–Crippen MR) is 92.9 cm³/mol. The molecule has 0 amide bonds. The summed E-state index contributed by atoms with van der Waals surface area (Å²) in [5, 5.41) is 3.08. The first-order valence-electron chi connectivity index (χ1n) is 8.49. The lowest BCUT2D eigenvalue weighted by Crippen LogP contribution is -2.43. The predicted octanol–water partition coefficient (Wildman–Crippen LogP) is 3.35. The van der Waals surface area contributed by atoms with Gasteiger partial charge in [0, 0.05) is 37.0 Å². The number of aromatic nitrogens is 2. The van der Waals surface area contributed by atoms with Crippen LogP contribution >= 0.6 is 0 Å². The van der Waals surface area contributed by atoms with E-state index in [1.54, 1.807) is 6.92 Å². The minimum Gasteiger partial charge on any atom is -0.374 e. The molecule has 0 radical (unpaired) electrons. The van der Waals surface area contributed by atoms with E-state index in [0.29, 0.717) is 36.4 Å². The normalized spacial score (nSPS) is 18.5. The van der Waals surface area contributed by atoms with Crippen LogP contribution in [0, 0.1) is 12.7 Å². The molecule has 5 nitrogen and oxygen atoms in total. The number of morpholine rings is 1. The van der Waals surface area contributed by atoms with Gasteiger partial charge in [0.2, 0.25) is 5.95 Å². The number of hydrogen-bond acceptors (Lipinski definition) is 5. The summed E-state index contributed by atoms with van der Waals surface area (Å²) in [6.07, 6.45) is -3.17. The molecule has 1 aromatic heterocycles. The summed E-state index contributed by atoms with van der Waals surface area (Å²) >= 11 is 0. The fourth-order valence-corrected chi connectivity index (χ4v) is 2.92. The van der Waals surface area contributed by atoms with Crippen molar-refractivity contribution in [3.05, 3.63) is 41.5 Å². The number of likely N-dealkylation sites (N-methyl/N-ethyl adjacent to an activating group) is 1. The molecule has 2 aromatic rings. The zero-order valence-electron chi connectivity index (χ0n) is 15.0. The van der Waals surface area contributed by atoms with E-state index in [1.165, 1.54) is 6.20 Å². The summed E-state index contributed by atoms with van der Waals surface area (Å²) in [4.78, 5) is 10.6. The fraction of sp³-hybridized carbons (Fsp3) is 0.444. The lowest BCUT2D eigenvalue weighted by molar-refractivity contribution is -0.137. The molecule has 2 heterocycles. The van der Waals surface area contributed by atoms with E-state index in [-0.39, 0.29) is 11.7 Å². The van der Waals surface area contributed by atoms with Crippen LogP contribution < -0.4 is 5.32 Å². The maximum Gasteiger partial charge on any atom is 0.416 e. The molecule has 3 rings (SSSR count). The third kappa shape index (κ3) is 4.72. The molecule has 0 bridgehead atoms. The number of aryl methyl sites for hydroxylation is 1. The third-order valence-electron chi connectivity index (χ3n) is 4.40. The summed E-state index contributed by atoms with van der Waals surface area (Å²) < 4.78 is 57.9. The van der Waals surface area contributed by atoms with Crippen LogP contribution in [0.1, 0.15) is 11.3 Å². The average molecular weight is 384 g/mol. The summed E-state index contributed by atoms with van der Waals surface area (Å²) in [7, 11) is 2.02. The molecule has 1 saturated heterocycles. The Morgan fingerprint density at radius 1 is 1.30 bits per heavy atom. The monoisotopic (exact) mass is 384 g/mol. The maximum atomic E-state index is 14.2. The van der Waals surface area contributed by atoms with Crippen LogP contribution in [-0.2, 0) is 10.9 Å². The Hall–Kier alpha value is -2.26. The molecule has 1 aliphatic rings. The van der Waals surface area contributed by atoms with Crippen molar-refractivity contribution in [3.8, 4) is 11.1 Å². The van der Waals surface area contributed by atoms with Gasteiger partial charge in [-0.25, -0.2) is 14.4 Å². The van der Waals surface area contributed by atoms with Crippen LogP contribution in [0.5, 0.6) is 0 Å². The zero-order chi connectivity index (χ0) is 19.6. The van der Waals surface area contributed by atoms with Gasteiger partial charge in [-0.15, -0.1) is 0 Å². The molecular formula is C18H20F4N4O. The smallest absolute Gasteiger partial charge is 0.374 e. The van der Waals surface area contributed by atoms with Gasteiger partial charge in [-0.3, -0.25) is 0 Å². The van der Waals surface area contributed by atoms with Gasteiger partial charge in [0.25, 0.3) is 0 Å². The van der Waals surface area contributed by atoms with Crippen molar-refractivity contribution in [2.75, 3.05) is 38.6 Å². The van der Waals surface area contributed by atoms with Crippen LogP contribution in [0.3, 0.4) is 0 Å². The number of ether oxygens (including phenoxy) is 1. The number of nitrogens with zero attached hydrogens (tertiary/aromatic N) is 3. The molecule has 0 spiro atoms. The highest BCUT2D eigenvalue weighted by molar-refractivity contribution is 5.66. The lowest BCUT2D eigenvalue weighted by atomic mass is 10.0. The van der Waals surface area contributed by atoms with Crippen molar-refractivity contribution in [2.45, 2.75) is 19.2 Å². The van der Waals surface area contributed by atoms with Crippen LogP contribution in [-0.4, -0.2) is 54.3 Å². The van der Waals surface area contributed by atoms with Crippen molar-refractivity contribution in [3.63, 3.8) is 0 Å². The highest BCUT2D eigenvalue weighted by Gasteiger charge is 2.31. The van der Waals surface area contributed by atoms with Gasteiger partial charge in [0.1, 0.15) is 5.82 Å². The Labute approximate surface area is 154 Å². The first kappa shape index (κ1) is 19.5. The molecule has 1 aromatic carbocycles. The molecule has 1 unspecified atom stereocenters. The largest absolute Gasteiger partial charge is 0.416 e. The Balaban J connectivity index is 1.73. The van der Waals surface area contributed by atoms with Crippen LogP contribution in [0.15, 0.2) is 24.4 Å². The van der Waals surface area contributed by atoms with Crippen molar-refractivity contribution in [2.24, 2.45) is 0 Å². The Bertz CT molecular complexity index is 812. The second-order valence-electron chi connectivity index (χ2n) is 6.52. The van der Waals surface area contributed by atoms with Gasteiger partial charge < -0.3 is 15.0 Å². The number of rotatable bonds is 4. The number of hydrogen-bond donors (Lipinski definition) is 1. The summed E-state index contributed by atoms with van der Waals surface area (Å²) in [6, 6.07) is 2.43. The van der Waals surface area contributed by atoms with E-state index in [1.807, 2.05) is 7.05 Å². The average Bonchev–Trinajstić information content (AvgIpc) is 2.60. The number of anilines is 1. The summed E-state index contributed by atoms with van der Waals surface area (Å²) in [6.45, 7) is 4.52. The Morgan fingerprint density at radius 3 is 2.70 bits per heavy atom. The third-order valence-corrected chi connectivity index (χ3v) is 4.40. The highest BCUT2D eigenvalue weighted by atomic mass is 19.4. The summed E-state index contributed by atoms with van der Waals surface area (Å²) in [5.41, 5.74) is -0.185. The standard InChI is InChI=1S/C18H20F4N4O/c1-11-15(14-4-3-12(7-16(14)19)18(20,21)22)9-24-17(25-11)23-8-13-10-26(2)5-6-27-13/h3-4,7,9,13H,5-6,8,10H2,1-2H3,(H,23,24,25). The first-order chi connectivity index (χ1) is 12.7. The first-order valence-corrected chi connectivity index (χ1v) is 8.49. The van der Waals surface area contributed by atoms with Gasteiger partial charge in [-0.1, -0.05) is 6.07 Å². The molecule has 1 atom stereocenters. The van der Waals surface area contributed by atoms with Gasteiger partial charge in [0.15, 0.2) is 0 Å². The number of nitrogens with one attached hydrogen (secondary N) is 1. The summed E-state index contributed by atoms with van der Waals surface area (Å²) in [5.74, 6) is -0.601. The number of alkyl halides is 3. The van der Waals surface area contributed by atoms with E-state index >= 15 is 0 Å². The molecule has 1 fully saturated rings.